The maximum Gasteiger partial charge on any atom is 0.347 e. The van der Waals surface area contributed by atoms with E-state index in [0.29, 0.717) is 0 Å². The van der Waals surface area contributed by atoms with Crippen LogP contribution >= 0.6 is 0 Å². The van der Waals surface area contributed by atoms with Crippen LogP contribution in [-0.2, 0) is 11.3 Å². The minimum atomic E-state index is -0.733. The number of aliphatic hydroxyl groups is 1. The highest BCUT2D eigenvalue weighted by Crippen LogP contribution is 2.07. The molecule has 0 aromatic carbocycles. The van der Waals surface area contributed by atoms with Crippen molar-refractivity contribution in [1.29, 1.82) is 0 Å². The molecule has 1 aromatic rings. The summed E-state index contributed by atoms with van der Waals surface area (Å²) >= 11 is 0. The van der Waals surface area contributed by atoms with Gasteiger partial charge in [0.05, 0.1) is 11.6 Å². The molecule has 1 unspecified atom stereocenters. The lowest BCUT2D eigenvalue weighted by Gasteiger charge is -2.29. The van der Waals surface area contributed by atoms with E-state index in [2.05, 4.69) is 10.3 Å². The quantitative estimate of drug-likeness (QED) is 0.743. The van der Waals surface area contributed by atoms with Crippen molar-refractivity contribution in [1.82, 2.24) is 14.9 Å². The van der Waals surface area contributed by atoms with Gasteiger partial charge in [-0.3, -0.25) is 9.36 Å². The molecule has 0 aliphatic heterocycles. The molecule has 0 saturated carbocycles. The zero-order valence-corrected chi connectivity index (χ0v) is 10.2. The maximum atomic E-state index is 11.7. The van der Waals surface area contributed by atoms with E-state index in [1.54, 1.807) is 26.8 Å². The van der Waals surface area contributed by atoms with E-state index in [9.17, 15) is 14.7 Å². The molecule has 0 spiro atoms. The Bertz CT molecular complexity index is 451. The third-order valence-electron chi connectivity index (χ3n) is 2.60. The maximum absolute atomic E-state index is 11.7. The number of carbonyl (C=O) groups is 1. The first-order valence-electron chi connectivity index (χ1n) is 5.33. The standard InChI is InChI=1S/C11H17N3O3/c1-8(15)11(2,3)13-9(16)7-14-6-4-5-12-10(14)17/h4-6,8,15H,7H2,1-3H3,(H,13,16). The monoisotopic (exact) mass is 239 g/mol. The summed E-state index contributed by atoms with van der Waals surface area (Å²) in [5.74, 6) is -0.342. The van der Waals surface area contributed by atoms with Gasteiger partial charge in [0.15, 0.2) is 0 Å². The molecule has 94 valence electrons. The second-order valence-electron chi connectivity index (χ2n) is 4.48. The first-order chi connectivity index (χ1) is 7.83. The van der Waals surface area contributed by atoms with Crippen molar-refractivity contribution < 1.29 is 9.90 Å². The fourth-order valence-corrected chi connectivity index (χ4v) is 1.17. The van der Waals surface area contributed by atoms with Crippen molar-refractivity contribution in [3.8, 4) is 0 Å². The number of nitrogens with zero attached hydrogens (tertiary/aromatic N) is 2. The van der Waals surface area contributed by atoms with Gasteiger partial charge in [0, 0.05) is 12.4 Å². The molecule has 0 saturated heterocycles. The molecular weight excluding hydrogens is 222 g/mol. The Morgan fingerprint density at radius 2 is 2.29 bits per heavy atom. The molecule has 0 radical (unpaired) electrons. The van der Waals surface area contributed by atoms with Gasteiger partial charge in [-0.05, 0) is 26.8 Å². The molecule has 1 heterocycles. The second-order valence-corrected chi connectivity index (χ2v) is 4.48. The van der Waals surface area contributed by atoms with Crippen molar-refractivity contribution in [3.63, 3.8) is 0 Å². The van der Waals surface area contributed by atoms with E-state index >= 15 is 0 Å². The summed E-state index contributed by atoms with van der Waals surface area (Å²) < 4.78 is 1.20. The summed E-state index contributed by atoms with van der Waals surface area (Å²) in [6.07, 6.45) is 2.18. The number of hydrogen-bond acceptors (Lipinski definition) is 4. The molecule has 6 heteroatoms. The van der Waals surface area contributed by atoms with Gasteiger partial charge in [0.1, 0.15) is 6.54 Å². The van der Waals surface area contributed by atoms with Gasteiger partial charge in [-0.25, -0.2) is 9.78 Å². The van der Waals surface area contributed by atoms with Crippen LogP contribution in [0.1, 0.15) is 20.8 Å². The van der Waals surface area contributed by atoms with E-state index in [1.165, 1.54) is 17.0 Å². The lowest BCUT2D eigenvalue weighted by atomic mass is 9.99. The normalized spacial score (nSPS) is 13.2. The summed E-state index contributed by atoms with van der Waals surface area (Å²) in [6, 6.07) is 1.58. The highest BCUT2D eigenvalue weighted by molar-refractivity contribution is 5.76. The summed E-state index contributed by atoms with van der Waals surface area (Å²) in [5.41, 5.74) is -1.21. The van der Waals surface area contributed by atoms with Crippen molar-refractivity contribution in [2.75, 3.05) is 0 Å². The van der Waals surface area contributed by atoms with E-state index in [0.717, 1.165) is 0 Å². The number of rotatable bonds is 4. The molecule has 1 rings (SSSR count). The Balaban J connectivity index is 2.69. The van der Waals surface area contributed by atoms with Gasteiger partial charge in [-0.1, -0.05) is 0 Å². The zero-order valence-electron chi connectivity index (χ0n) is 10.2. The first kappa shape index (κ1) is 13.4. The van der Waals surface area contributed by atoms with Gasteiger partial charge >= 0.3 is 5.69 Å². The van der Waals surface area contributed by atoms with Crippen LogP contribution in [0, 0.1) is 0 Å². The van der Waals surface area contributed by atoms with Crippen molar-refractivity contribution in [2.45, 2.75) is 39.0 Å². The lowest BCUT2D eigenvalue weighted by Crippen LogP contribution is -2.52. The van der Waals surface area contributed by atoms with Crippen LogP contribution in [0.5, 0.6) is 0 Å². The van der Waals surface area contributed by atoms with Gasteiger partial charge in [0.2, 0.25) is 5.91 Å². The van der Waals surface area contributed by atoms with E-state index < -0.39 is 17.3 Å². The third kappa shape index (κ3) is 3.67. The van der Waals surface area contributed by atoms with Gasteiger partial charge < -0.3 is 10.4 Å². The highest BCUT2D eigenvalue weighted by atomic mass is 16.3. The molecule has 17 heavy (non-hydrogen) atoms. The molecule has 6 nitrogen and oxygen atoms in total. The fourth-order valence-electron chi connectivity index (χ4n) is 1.17. The minimum absolute atomic E-state index is 0.108. The summed E-state index contributed by atoms with van der Waals surface area (Å²) in [5, 5.41) is 12.1. The molecular formula is C11H17N3O3. The van der Waals surface area contributed by atoms with Crippen molar-refractivity contribution in [2.24, 2.45) is 0 Å². The summed E-state index contributed by atoms with van der Waals surface area (Å²) in [7, 11) is 0. The van der Waals surface area contributed by atoms with Crippen LogP contribution < -0.4 is 11.0 Å². The molecule has 0 bridgehead atoms. The minimum Gasteiger partial charge on any atom is -0.391 e. The van der Waals surface area contributed by atoms with Crippen LogP contribution in [-0.4, -0.2) is 32.2 Å². The molecule has 1 atom stereocenters. The molecule has 0 aliphatic carbocycles. The van der Waals surface area contributed by atoms with E-state index in [4.69, 9.17) is 0 Å². The largest absolute Gasteiger partial charge is 0.391 e. The third-order valence-corrected chi connectivity index (χ3v) is 2.60. The lowest BCUT2D eigenvalue weighted by molar-refractivity contribution is -0.124. The summed E-state index contributed by atoms with van der Waals surface area (Å²) in [6.45, 7) is 4.91. The average molecular weight is 239 g/mol. The van der Waals surface area contributed by atoms with E-state index in [-0.39, 0.29) is 12.5 Å². The van der Waals surface area contributed by atoms with Crippen LogP contribution in [0.25, 0.3) is 0 Å². The van der Waals surface area contributed by atoms with Crippen molar-refractivity contribution in [3.05, 3.63) is 28.9 Å². The van der Waals surface area contributed by atoms with Gasteiger partial charge in [-0.15, -0.1) is 0 Å². The molecule has 1 aromatic heterocycles. The van der Waals surface area contributed by atoms with Crippen LogP contribution in [0.2, 0.25) is 0 Å². The molecule has 0 aliphatic rings. The van der Waals surface area contributed by atoms with Gasteiger partial charge in [-0.2, -0.15) is 0 Å². The Kier molecular flexibility index (Phi) is 4.01. The number of hydrogen-bond donors (Lipinski definition) is 2. The molecule has 0 fully saturated rings. The number of aromatic nitrogens is 2. The average Bonchev–Trinajstić information content (AvgIpc) is 2.20. The number of aliphatic hydroxyl groups excluding tert-OH is 1. The Morgan fingerprint density at radius 1 is 1.65 bits per heavy atom. The van der Waals surface area contributed by atoms with Gasteiger partial charge in [0.25, 0.3) is 0 Å². The van der Waals surface area contributed by atoms with E-state index in [1.807, 2.05) is 0 Å². The molecule has 1 amide bonds. The fraction of sp³-hybridized carbons (Fsp3) is 0.545. The first-order valence-corrected chi connectivity index (χ1v) is 5.33. The van der Waals surface area contributed by atoms with Crippen LogP contribution in [0.4, 0.5) is 0 Å². The number of carbonyl (C=O) groups excluding carboxylic acids is 1. The van der Waals surface area contributed by atoms with Crippen LogP contribution in [0.3, 0.4) is 0 Å². The predicted octanol–water partition coefficient (Wildman–Crippen LogP) is -0.481. The Hall–Kier alpha value is -1.69. The highest BCUT2D eigenvalue weighted by Gasteiger charge is 2.25. The molecule has 2 N–H and O–H groups in total. The summed E-state index contributed by atoms with van der Waals surface area (Å²) in [4.78, 5) is 26.5. The Labute approximate surface area is 99.3 Å². The SMILES string of the molecule is CC(O)C(C)(C)NC(=O)Cn1cccnc1=O. The topological polar surface area (TPSA) is 84.2 Å². The zero-order chi connectivity index (χ0) is 13.1. The number of nitrogens with one attached hydrogen (secondary N) is 1. The Morgan fingerprint density at radius 3 is 2.82 bits per heavy atom. The van der Waals surface area contributed by atoms with Crippen molar-refractivity contribution >= 4 is 5.91 Å². The predicted molar refractivity (Wildman–Crippen MR) is 62.4 cm³/mol. The smallest absolute Gasteiger partial charge is 0.347 e. The second kappa shape index (κ2) is 5.09. The number of amides is 1. The van der Waals surface area contributed by atoms with Crippen LogP contribution in [0.15, 0.2) is 23.3 Å².